The molecule has 0 aromatic carbocycles. The van der Waals surface area contributed by atoms with Gasteiger partial charge >= 0.3 is 11.7 Å². The summed E-state index contributed by atoms with van der Waals surface area (Å²) in [6.07, 6.45) is 2.58. The second kappa shape index (κ2) is 5.08. The Kier molecular flexibility index (Phi) is 3.78. The molecule has 0 saturated carbocycles. The summed E-state index contributed by atoms with van der Waals surface area (Å²) < 4.78 is 6.05. The first-order chi connectivity index (χ1) is 7.13. The highest BCUT2D eigenvalue weighted by Crippen LogP contribution is 2.07. The number of carbonyl (C=O) groups excluding carboxylic acids is 1. The number of ether oxygens (including phenoxy) is 1. The highest BCUT2D eigenvalue weighted by atomic mass is 16.6. The molecule has 7 nitrogen and oxygen atoms in total. The average molecular weight is 213 g/mol. The highest BCUT2D eigenvalue weighted by Gasteiger charge is 2.09. The van der Waals surface area contributed by atoms with Crippen molar-refractivity contribution in [3.8, 4) is 0 Å². The number of carbonyl (C=O) groups is 1. The molecule has 0 aliphatic heterocycles. The Hall–Kier alpha value is -1.92. The SMILES string of the molecule is CCOC(=O)CCn1cc([N+](=O)[O-])cn1. The minimum atomic E-state index is -0.534. The maximum atomic E-state index is 11.0. The molecular formula is C8H11N3O4. The Morgan fingerprint density at radius 2 is 2.47 bits per heavy atom. The number of rotatable bonds is 5. The Morgan fingerprint density at radius 1 is 1.73 bits per heavy atom. The van der Waals surface area contributed by atoms with E-state index in [0.29, 0.717) is 6.61 Å². The van der Waals surface area contributed by atoms with E-state index in [1.165, 1.54) is 10.9 Å². The molecule has 7 heteroatoms. The van der Waals surface area contributed by atoms with E-state index in [1.54, 1.807) is 6.92 Å². The van der Waals surface area contributed by atoms with E-state index in [2.05, 4.69) is 5.10 Å². The van der Waals surface area contributed by atoms with E-state index in [4.69, 9.17) is 4.74 Å². The number of aromatic nitrogens is 2. The van der Waals surface area contributed by atoms with Gasteiger partial charge in [-0.1, -0.05) is 0 Å². The van der Waals surface area contributed by atoms with Crippen LogP contribution in [0.25, 0.3) is 0 Å². The fraction of sp³-hybridized carbons (Fsp3) is 0.500. The molecule has 0 radical (unpaired) electrons. The molecule has 0 bridgehead atoms. The number of nitrogens with zero attached hydrogens (tertiary/aromatic N) is 3. The Bertz CT molecular complexity index is 361. The van der Waals surface area contributed by atoms with Crippen LogP contribution in [-0.2, 0) is 16.1 Å². The normalized spacial score (nSPS) is 9.93. The van der Waals surface area contributed by atoms with E-state index in [-0.39, 0.29) is 24.6 Å². The maximum absolute atomic E-state index is 11.0. The second-order valence-corrected chi connectivity index (χ2v) is 2.77. The van der Waals surface area contributed by atoms with Crippen LogP contribution < -0.4 is 0 Å². The van der Waals surface area contributed by atoms with Crippen LogP contribution in [0.2, 0.25) is 0 Å². The lowest BCUT2D eigenvalue weighted by Crippen LogP contribution is -2.09. The van der Waals surface area contributed by atoms with Crippen LogP contribution in [0.1, 0.15) is 13.3 Å². The number of aryl methyl sites for hydroxylation is 1. The lowest BCUT2D eigenvalue weighted by Gasteiger charge is -2.00. The predicted octanol–water partition coefficient (Wildman–Crippen LogP) is 0.744. The van der Waals surface area contributed by atoms with E-state index in [1.807, 2.05) is 0 Å². The molecule has 0 spiro atoms. The largest absolute Gasteiger partial charge is 0.466 e. The van der Waals surface area contributed by atoms with Gasteiger partial charge < -0.3 is 4.74 Å². The highest BCUT2D eigenvalue weighted by molar-refractivity contribution is 5.69. The minimum absolute atomic E-state index is 0.0844. The van der Waals surface area contributed by atoms with E-state index < -0.39 is 4.92 Å². The summed E-state index contributed by atoms with van der Waals surface area (Å²) >= 11 is 0. The Labute approximate surface area is 85.8 Å². The first-order valence-electron chi connectivity index (χ1n) is 4.46. The van der Waals surface area contributed by atoms with Gasteiger partial charge in [-0.05, 0) is 6.92 Å². The topological polar surface area (TPSA) is 87.3 Å². The molecule has 0 unspecified atom stereocenters. The zero-order chi connectivity index (χ0) is 11.3. The quantitative estimate of drug-likeness (QED) is 0.409. The van der Waals surface area contributed by atoms with Gasteiger partial charge in [0.1, 0.15) is 12.4 Å². The zero-order valence-electron chi connectivity index (χ0n) is 8.25. The van der Waals surface area contributed by atoms with Gasteiger partial charge in [0, 0.05) is 0 Å². The summed E-state index contributed by atoms with van der Waals surface area (Å²) in [6.45, 7) is 2.33. The summed E-state index contributed by atoms with van der Waals surface area (Å²) in [4.78, 5) is 20.7. The molecule has 1 rings (SSSR count). The Balaban J connectivity index is 2.44. The van der Waals surface area contributed by atoms with E-state index in [0.717, 1.165) is 6.20 Å². The number of nitro groups is 1. The number of hydrogen-bond acceptors (Lipinski definition) is 5. The van der Waals surface area contributed by atoms with Crippen LogP contribution in [0.15, 0.2) is 12.4 Å². The maximum Gasteiger partial charge on any atom is 0.307 e. The summed E-state index contributed by atoms with van der Waals surface area (Å²) in [5.41, 5.74) is -0.0844. The Morgan fingerprint density at radius 3 is 3.00 bits per heavy atom. The summed E-state index contributed by atoms with van der Waals surface area (Å²) in [7, 11) is 0. The minimum Gasteiger partial charge on any atom is -0.466 e. The number of esters is 1. The first kappa shape index (κ1) is 11.2. The van der Waals surface area contributed by atoms with Crippen LogP contribution in [0, 0.1) is 10.1 Å². The standard InChI is InChI=1S/C8H11N3O4/c1-2-15-8(12)3-4-10-6-7(5-9-10)11(13)14/h5-6H,2-4H2,1H3. The smallest absolute Gasteiger partial charge is 0.307 e. The summed E-state index contributed by atoms with van der Waals surface area (Å²) in [6, 6.07) is 0. The predicted molar refractivity (Wildman–Crippen MR) is 50.1 cm³/mol. The summed E-state index contributed by atoms with van der Waals surface area (Å²) in [5.74, 6) is -0.337. The summed E-state index contributed by atoms with van der Waals surface area (Å²) in [5, 5.41) is 14.1. The third-order valence-electron chi connectivity index (χ3n) is 1.68. The molecule has 0 aliphatic carbocycles. The third kappa shape index (κ3) is 3.37. The van der Waals surface area contributed by atoms with Gasteiger partial charge in [-0.3, -0.25) is 19.6 Å². The monoisotopic (exact) mass is 213 g/mol. The first-order valence-corrected chi connectivity index (χ1v) is 4.46. The van der Waals surface area contributed by atoms with Crippen LogP contribution in [-0.4, -0.2) is 27.3 Å². The molecule has 0 saturated heterocycles. The lowest BCUT2D eigenvalue weighted by atomic mass is 10.4. The number of hydrogen-bond donors (Lipinski definition) is 0. The lowest BCUT2D eigenvalue weighted by molar-refractivity contribution is -0.385. The van der Waals surface area contributed by atoms with Crippen molar-refractivity contribution in [2.75, 3.05) is 6.61 Å². The van der Waals surface area contributed by atoms with Gasteiger partial charge in [0.15, 0.2) is 0 Å². The third-order valence-corrected chi connectivity index (χ3v) is 1.68. The zero-order valence-corrected chi connectivity index (χ0v) is 8.25. The van der Waals surface area contributed by atoms with Gasteiger partial charge in [0.25, 0.3) is 0 Å². The molecule has 0 atom stereocenters. The molecule has 15 heavy (non-hydrogen) atoms. The van der Waals surface area contributed by atoms with E-state index >= 15 is 0 Å². The van der Waals surface area contributed by atoms with Crippen LogP contribution >= 0.6 is 0 Å². The molecule has 1 aromatic heterocycles. The van der Waals surface area contributed by atoms with Crippen molar-refractivity contribution in [3.63, 3.8) is 0 Å². The van der Waals surface area contributed by atoms with Gasteiger partial charge in [-0.25, -0.2) is 0 Å². The molecule has 1 heterocycles. The van der Waals surface area contributed by atoms with Gasteiger partial charge in [0.05, 0.1) is 24.5 Å². The van der Waals surface area contributed by atoms with Crippen molar-refractivity contribution >= 4 is 11.7 Å². The molecule has 1 aromatic rings. The van der Waals surface area contributed by atoms with Crippen molar-refractivity contribution in [3.05, 3.63) is 22.5 Å². The fourth-order valence-electron chi connectivity index (χ4n) is 1.01. The van der Waals surface area contributed by atoms with Crippen LogP contribution in [0.5, 0.6) is 0 Å². The molecule has 0 aliphatic rings. The van der Waals surface area contributed by atoms with Gasteiger partial charge in [-0.2, -0.15) is 5.10 Å². The van der Waals surface area contributed by atoms with Crippen molar-refractivity contribution < 1.29 is 14.5 Å². The molecule has 0 N–H and O–H groups in total. The second-order valence-electron chi connectivity index (χ2n) is 2.77. The van der Waals surface area contributed by atoms with Crippen molar-refractivity contribution in [2.24, 2.45) is 0 Å². The molecular weight excluding hydrogens is 202 g/mol. The van der Waals surface area contributed by atoms with Crippen molar-refractivity contribution in [1.29, 1.82) is 0 Å². The fourth-order valence-corrected chi connectivity index (χ4v) is 1.01. The van der Waals surface area contributed by atoms with Crippen molar-refractivity contribution in [2.45, 2.75) is 19.9 Å². The van der Waals surface area contributed by atoms with Gasteiger partial charge in [0.2, 0.25) is 0 Å². The van der Waals surface area contributed by atoms with E-state index in [9.17, 15) is 14.9 Å². The van der Waals surface area contributed by atoms with Crippen LogP contribution in [0.4, 0.5) is 5.69 Å². The van der Waals surface area contributed by atoms with Crippen LogP contribution in [0.3, 0.4) is 0 Å². The molecule has 0 amide bonds. The van der Waals surface area contributed by atoms with Gasteiger partial charge in [-0.15, -0.1) is 0 Å². The van der Waals surface area contributed by atoms with Crippen molar-refractivity contribution in [1.82, 2.24) is 9.78 Å². The molecule has 82 valence electrons. The average Bonchev–Trinajstić information content (AvgIpc) is 2.63. The molecule has 0 fully saturated rings.